The molecule has 9 heteroatoms. The second-order valence-electron chi connectivity index (χ2n) is 7.53. The quantitative estimate of drug-likeness (QED) is 0.574. The molecule has 0 saturated carbocycles. The molecule has 4 rings (SSSR count). The zero-order valence-electron chi connectivity index (χ0n) is 19.0. The smallest absolute Gasteiger partial charge is 0.264 e. The fourth-order valence-electron chi connectivity index (χ4n) is 3.57. The second kappa shape index (κ2) is 9.53. The lowest BCUT2D eigenvalue weighted by Crippen LogP contribution is -2.47. The first-order chi connectivity index (χ1) is 16.4. The zero-order valence-corrected chi connectivity index (χ0v) is 19.0. The van der Waals surface area contributed by atoms with Gasteiger partial charge in [0.1, 0.15) is 23.3 Å². The summed E-state index contributed by atoms with van der Waals surface area (Å²) < 4.78 is 11.8. The molecule has 3 aromatic rings. The number of pyridine rings is 1. The average molecular weight is 460 g/mol. The van der Waals surface area contributed by atoms with E-state index in [2.05, 4.69) is 22.4 Å². The van der Waals surface area contributed by atoms with Crippen molar-refractivity contribution in [2.24, 2.45) is 4.99 Å². The van der Waals surface area contributed by atoms with Crippen molar-refractivity contribution in [2.75, 3.05) is 19.5 Å². The summed E-state index contributed by atoms with van der Waals surface area (Å²) in [4.78, 5) is 36.1. The third-order valence-electron chi connectivity index (χ3n) is 5.29. The Morgan fingerprint density at radius 3 is 2.62 bits per heavy atom. The number of benzene rings is 2. The van der Waals surface area contributed by atoms with E-state index >= 15 is 0 Å². The van der Waals surface area contributed by atoms with Gasteiger partial charge in [-0.05, 0) is 30.3 Å². The maximum Gasteiger partial charge on any atom is 0.264 e. The van der Waals surface area contributed by atoms with Gasteiger partial charge in [0.25, 0.3) is 11.4 Å². The predicted molar refractivity (Wildman–Crippen MR) is 129 cm³/mol. The summed E-state index contributed by atoms with van der Waals surface area (Å²) in [6, 6.07) is 16.1. The van der Waals surface area contributed by atoms with Crippen LogP contribution in [-0.2, 0) is 16.2 Å². The van der Waals surface area contributed by atoms with Crippen molar-refractivity contribution >= 4 is 29.9 Å². The highest BCUT2D eigenvalue weighted by molar-refractivity contribution is 6.01. The molecule has 0 unspecified atom stereocenters. The first-order valence-electron chi connectivity index (χ1n) is 10.4. The number of nitrogens with one attached hydrogen (secondary N) is 2. The molecule has 0 atom stereocenters. The van der Waals surface area contributed by atoms with E-state index in [4.69, 9.17) is 14.3 Å². The first-order valence-corrected chi connectivity index (χ1v) is 10.4. The number of amides is 1. The first kappa shape index (κ1) is 22.7. The Kier molecular flexibility index (Phi) is 6.35. The summed E-state index contributed by atoms with van der Waals surface area (Å²) in [5.41, 5.74) is 4.15. The number of nitrogens with zero attached hydrogens (tertiary/aromatic N) is 2. The maximum absolute atomic E-state index is 13.3. The molecule has 1 aliphatic rings. The lowest BCUT2D eigenvalue weighted by molar-refractivity contribution is -0.116. The molecule has 9 nitrogen and oxygen atoms in total. The Labute approximate surface area is 195 Å². The molecule has 174 valence electrons. The standard InChI is InChI=1S/C25H24N4O5/c1-15-12-16(2)29(14-21(30)26-19-11-10-18(32-3)13-20(19)33-4)25(31)22(15)24-27-23(28-34-24)17-8-6-5-7-9-17/h5-13H,1,14H2,2-4H3,(H,26,30)(H,27,28). The van der Waals surface area contributed by atoms with Gasteiger partial charge in [-0.25, -0.2) is 5.48 Å². The van der Waals surface area contributed by atoms with Crippen molar-refractivity contribution in [2.45, 2.75) is 13.5 Å². The average Bonchev–Trinajstić information content (AvgIpc) is 3.32. The molecule has 0 saturated heterocycles. The molecule has 0 aliphatic carbocycles. The van der Waals surface area contributed by atoms with Gasteiger partial charge in [-0.2, -0.15) is 4.99 Å². The Morgan fingerprint density at radius 1 is 1.15 bits per heavy atom. The summed E-state index contributed by atoms with van der Waals surface area (Å²) in [6.45, 7) is 5.49. The number of aromatic nitrogens is 1. The van der Waals surface area contributed by atoms with Crippen LogP contribution in [0, 0.1) is 6.92 Å². The van der Waals surface area contributed by atoms with E-state index in [9.17, 15) is 9.59 Å². The van der Waals surface area contributed by atoms with E-state index < -0.39 is 11.5 Å². The minimum absolute atomic E-state index is 0.0971. The Balaban J connectivity index is 1.67. The number of carbonyl (C=O) groups is 1. The van der Waals surface area contributed by atoms with Gasteiger partial charge in [-0.15, -0.1) is 0 Å². The number of ether oxygens (including phenoxy) is 2. The molecule has 1 aliphatic heterocycles. The molecule has 0 fully saturated rings. The van der Waals surface area contributed by atoms with Crippen LogP contribution in [0.15, 0.2) is 64.4 Å². The molecule has 1 amide bonds. The lowest BCUT2D eigenvalue weighted by Gasteiger charge is -2.13. The van der Waals surface area contributed by atoms with Crippen LogP contribution < -0.4 is 36.3 Å². The number of hydrogen-bond donors (Lipinski definition) is 2. The van der Waals surface area contributed by atoms with E-state index in [0.29, 0.717) is 33.9 Å². The number of carbonyl (C=O) groups excluding carboxylic acids is 1. The van der Waals surface area contributed by atoms with Crippen LogP contribution in [0.2, 0.25) is 0 Å². The van der Waals surface area contributed by atoms with Gasteiger partial charge in [-0.1, -0.05) is 36.9 Å². The van der Waals surface area contributed by atoms with Crippen LogP contribution in [-0.4, -0.2) is 30.5 Å². The topological polar surface area (TPSA) is 103 Å². The van der Waals surface area contributed by atoms with Crippen LogP contribution in [0.1, 0.15) is 11.3 Å². The number of hydroxylamine groups is 1. The predicted octanol–water partition coefficient (Wildman–Crippen LogP) is 1.27. The number of anilines is 1. The minimum Gasteiger partial charge on any atom is -0.497 e. The Morgan fingerprint density at radius 2 is 1.91 bits per heavy atom. The van der Waals surface area contributed by atoms with Crippen molar-refractivity contribution in [3.63, 3.8) is 0 Å². The summed E-state index contributed by atoms with van der Waals surface area (Å²) >= 11 is 0. The number of hydrogen-bond acceptors (Lipinski definition) is 7. The Hall–Kier alpha value is -4.53. The minimum atomic E-state index is -0.434. The molecule has 2 heterocycles. The third kappa shape index (κ3) is 4.49. The Bertz CT molecular complexity index is 1440. The van der Waals surface area contributed by atoms with Crippen LogP contribution in [0.3, 0.4) is 0 Å². The number of methoxy groups -OCH3 is 2. The molecular formula is C25H24N4O5. The SMILES string of the molecule is C=c1cc(C)n(CC(=O)Nc2ccc(OC)cc2OC)c(=O)c1=C1N=C(c2ccccc2)NO1. The highest BCUT2D eigenvalue weighted by Crippen LogP contribution is 2.28. The third-order valence-corrected chi connectivity index (χ3v) is 5.29. The molecule has 2 N–H and O–H groups in total. The molecule has 0 radical (unpaired) electrons. The fraction of sp³-hybridized carbons (Fsp3) is 0.160. The van der Waals surface area contributed by atoms with E-state index in [0.717, 1.165) is 5.56 Å². The van der Waals surface area contributed by atoms with Crippen molar-refractivity contribution in [3.8, 4) is 11.5 Å². The van der Waals surface area contributed by atoms with Crippen LogP contribution in [0.25, 0.3) is 12.5 Å². The monoisotopic (exact) mass is 460 g/mol. The van der Waals surface area contributed by atoms with Gasteiger partial charge in [0.2, 0.25) is 5.91 Å². The summed E-state index contributed by atoms with van der Waals surface area (Å²) in [5.74, 6) is 1.20. The van der Waals surface area contributed by atoms with Crippen LogP contribution in [0.4, 0.5) is 5.69 Å². The number of aliphatic imine (C=N–C) groups is 1. The van der Waals surface area contributed by atoms with Crippen LogP contribution in [0.5, 0.6) is 11.5 Å². The fourth-order valence-corrected chi connectivity index (χ4v) is 3.57. The highest BCUT2D eigenvalue weighted by atomic mass is 16.7. The van der Waals surface area contributed by atoms with Crippen molar-refractivity contribution in [3.05, 3.63) is 86.6 Å². The van der Waals surface area contributed by atoms with Gasteiger partial charge < -0.3 is 24.2 Å². The highest BCUT2D eigenvalue weighted by Gasteiger charge is 2.18. The normalized spacial score (nSPS) is 14.0. The summed E-state index contributed by atoms with van der Waals surface area (Å²) in [6.07, 6.45) is 0. The van der Waals surface area contributed by atoms with E-state index in [1.807, 2.05) is 30.3 Å². The van der Waals surface area contributed by atoms with Gasteiger partial charge in [0.15, 0.2) is 5.84 Å². The maximum atomic E-state index is 13.3. The molecular weight excluding hydrogens is 436 g/mol. The number of amidine groups is 1. The van der Waals surface area contributed by atoms with Crippen molar-refractivity contribution in [1.29, 1.82) is 0 Å². The largest absolute Gasteiger partial charge is 0.497 e. The van der Waals surface area contributed by atoms with E-state index in [1.54, 1.807) is 38.3 Å². The number of aryl methyl sites for hydroxylation is 1. The second-order valence-corrected chi connectivity index (χ2v) is 7.53. The van der Waals surface area contributed by atoms with Gasteiger partial charge in [0.05, 0.1) is 19.9 Å². The zero-order chi connectivity index (χ0) is 24.2. The summed E-state index contributed by atoms with van der Waals surface area (Å²) in [5, 5.41) is 3.40. The van der Waals surface area contributed by atoms with Gasteiger partial charge in [0, 0.05) is 17.3 Å². The van der Waals surface area contributed by atoms with E-state index in [1.165, 1.54) is 11.7 Å². The van der Waals surface area contributed by atoms with Crippen molar-refractivity contribution in [1.82, 2.24) is 10.0 Å². The van der Waals surface area contributed by atoms with E-state index in [-0.39, 0.29) is 17.6 Å². The van der Waals surface area contributed by atoms with Crippen LogP contribution >= 0.6 is 0 Å². The molecule has 2 aromatic carbocycles. The molecule has 34 heavy (non-hydrogen) atoms. The van der Waals surface area contributed by atoms with Gasteiger partial charge >= 0.3 is 0 Å². The lowest BCUT2D eigenvalue weighted by atomic mass is 10.2. The molecule has 1 aromatic heterocycles. The summed E-state index contributed by atoms with van der Waals surface area (Å²) in [7, 11) is 3.04. The molecule has 0 spiro atoms. The number of rotatable bonds is 6. The van der Waals surface area contributed by atoms with Crippen molar-refractivity contribution < 1.29 is 19.1 Å². The van der Waals surface area contributed by atoms with Gasteiger partial charge in [-0.3, -0.25) is 9.59 Å². The molecule has 0 bridgehead atoms.